The van der Waals surface area contributed by atoms with Gasteiger partial charge in [0.05, 0.1) is 30.1 Å². The molecular formula is C8H14N2O3S. The number of nitrogens with zero attached hydrogens (tertiary/aromatic N) is 2. The SMILES string of the molecule is Cn1cncc1C(O)CCS(C)(=O)=O. The van der Waals surface area contributed by atoms with E-state index in [1.807, 2.05) is 0 Å². The van der Waals surface area contributed by atoms with Crippen molar-refractivity contribution in [1.29, 1.82) is 0 Å². The average molecular weight is 218 g/mol. The van der Waals surface area contributed by atoms with Crippen LogP contribution in [-0.4, -0.2) is 35.1 Å². The molecule has 0 aromatic carbocycles. The van der Waals surface area contributed by atoms with Gasteiger partial charge in [0.1, 0.15) is 9.84 Å². The van der Waals surface area contributed by atoms with Gasteiger partial charge in [-0.15, -0.1) is 0 Å². The molecule has 14 heavy (non-hydrogen) atoms. The molecule has 0 radical (unpaired) electrons. The van der Waals surface area contributed by atoms with E-state index in [9.17, 15) is 13.5 Å². The van der Waals surface area contributed by atoms with Crippen LogP contribution in [0.3, 0.4) is 0 Å². The summed E-state index contributed by atoms with van der Waals surface area (Å²) in [5.41, 5.74) is 0.633. The minimum atomic E-state index is -3.01. The quantitative estimate of drug-likeness (QED) is 0.765. The highest BCUT2D eigenvalue weighted by atomic mass is 32.2. The van der Waals surface area contributed by atoms with Crippen molar-refractivity contribution in [3.05, 3.63) is 18.2 Å². The lowest BCUT2D eigenvalue weighted by molar-refractivity contribution is 0.166. The second-order valence-electron chi connectivity index (χ2n) is 3.36. The number of rotatable bonds is 4. The molecule has 1 atom stereocenters. The Labute approximate surface area is 83.3 Å². The first-order valence-electron chi connectivity index (χ1n) is 4.22. The zero-order chi connectivity index (χ0) is 10.8. The highest BCUT2D eigenvalue weighted by Gasteiger charge is 2.13. The van der Waals surface area contributed by atoms with Gasteiger partial charge in [0, 0.05) is 13.3 Å². The second-order valence-corrected chi connectivity index (χ2v) is 5.62. The van der Waals surface area contributed by atoms with E-state index in [0.717, 1.165) is 6.26 Å². The molecule has 0 fully saturated rings. The molecule has 80 valence electrons. The van der Waals surface area contributed by atoms with Gasteiger partial charge in [-0.3, -0.25) is 0 Å². The molecule has 0 saturated heterocycles. The molecule has 6 heteroatoms. The molecule has 1 aromatic heterocycles. The van der Waals surface area contributed by atoms with Gasteiger partial charge in [-0.1, -0.05) is 0 Å². The molecule has 1 unspecified atom stereocenters. The Morgan fingerprint density at radius 1 is 1.64 bits per heavy atom. The van der Waals surface area contributed by atoms with Crippen LogP contribution >= 0.6 is 0 Å². The number of hydrogen-bond donors (Lipinski definition) is 1. The summed E-state index contributed by atoms with van der Waals surface area (Å²) in [7, 11) is -1.26. The minimum Gasteiger partial charge on any atom is -0.387 e. The molecule has 1 aromatic rings. The predicted octanol–water partition coefficient (Wildman–Crippen LogP) is -0.112. The third-order valence-electron chi connectivity index (χ3n) is 1.96. The van der Waals surface area contributed by atoms with Crippen LogP contribution in [0.5, 0.6) is 0 Å². The zero-order valence-electron chi connectivity index (χ0n) is 8.21. The zero-order valence-corrected chi connectivity index (χ0v) is 9.03. The number of aryl methyl sites for hydroxylation is 1. The summed E-state index contributed by atoms with van der Waals surface area (Å²) < 4.78 is 23.4. The van der Waals surface area contributed by atoms with E-state index in [4.69, 9.17) is 0 Å². The molecular weight excluding hydrogens is 204 g/mol. The monoisotopic (exact) mass is 218 g/mol. The molecule has 0 aliphatic heterocycles. The largest absolute Gasteiger partial charge is 0.387 e. The highest BCUT2D eigenvalue weighted by Crippen LogP contribution is 2.15. The maximum Gasteiger partial charge on any atom is 0.147 e. The van der Waals surface area contributed by atoms with Gasteiger partial charge in [0.15, 0.2) is 0 Å². The van der Waals surface area contributed by atoms with Gasteiger partial charge in [-0.05, 0) is 6.42 Å². The van der Waals surface area contributed by atoms with Crippen molar-refractivity contribution < 1.29 is 13.5 Å². The van der Waals surface area contributed by atoms with E-state index in [-0.39, 0.29) is 12.2 Å². The summed E-state index contributed by atoms with van der Waals surface area (Å²) >= 11 is 0. The van der Waals surface area contributed by atoms with Gasteiger partial charge in [0.2, 0.25) is 0 Å². The predicted molar refractivity (Wildman–Crippen MR) is 52.5 cm³/mol. The second kappa shape index (κ2) is 4.10. The molecule has 5 nitrogen and oxygen atoms in total. The summed E-state index contributed by atoms with van der Waals surface area (Å²) in [6.07, 6.45) is 3.70. The van der Waals surface area contributed by atoms with Crippen molar-refractivity contribution in [2.75, 3.05) is 12.0 Å². The first kappa shape index (κ1) is 11.2. The fourth-order valence-electron chi connectivity index (χ4n) is 1.16. The molecule has 1 heterocycles. The molecule has 0 saturated carbocycles. The van der Waals surface area contributed by atoms with Gasteiger partial charge in [-0.2, -0.15) is 0 Å². The van der Waals surface area contributed by atoms with Gasteiger partial charge in [0.25, 0.3) is 0 Å². The fourth-order valence-corrected chi connectivity index (χ4v) is 1.81. The topological polar surface area (TPSA) is 72.2 Å². The Morgan fingerprint density at radius 2 is 2.29 bits per heavy atom. The van der Waals surface area contributed by atoms with Crippen LogP contribution in [0.4, 0.5) is 0 Å². The fraction of sp³-hybridized carbons (Fsp3) is 0.625. The van der Waals surface area contributed by atoms with E-state index in [1.54, 1.807) is 17.9 Å². The first-order valence-corrected chi connectivity index (χ1v) is 6.28. The highest BCUT2D eigenvalue weighted by molar-refractivity contribution is 7.90. The van der Waals surface area contributed by atoms with Crippen molar-refractivity contribution in [2.45, 2.75) is 12.5 Å². The van der Waals surface area contributed by atoms with Gasteiger partial charge in [-0.25, -0.2) is 13.4 Å². The van der Waals surface area contributed by atoms with Crippen molar-refractivity contribution in [1.82, 2.24) is 9.55 Å². The van der Waals surface area contributed by atoms with E-state index in [1.165, 1.54) is 6.20 Å². The van der Waals surface area contributed by atoms with Crippen molar-refractivity contribution in [3.63, 3.8) is 0 Å². The first-order chi connectivity index (χ1) is 6.40. The number of aliphatic hydroxyl groups is 1. The Bertz CT molecular complexity index is 396. The van der Waals surface area contributed by atoms with Crippen LogP contribution in [0.2, 0.25) is 0 Å². The molecule has 0 spiro atoms. The van der Waals surface area contributed by atoms with E-state index < -0.39 is 15.9 Å². The lowest BCUT2D eigenvalue weighted by atomic mass is 10.2. The molecule has 0 bridgehead atoms. The average Bonchev–Trinajstić information content (AvgIpc) is 2.46. The number of imidazole rings is 1. The van der Waals surface area contributed by atoms with Crippen LogP contribution in [-0.2, 0) is 16.9 Å². The Kier molecular flexibility index (Phi) is 3.28. The number of aromatic nitrogens is 2. The number of hydrogen-bond acceptors (Lipinski definition) is 4. The van der Waals surface area contributed by atoms with E-state index in [2.05, 4.69) is 4.98 Å². The molecule has 1 N–H and O–H groups in total. The van der Waals surface area contributed by atoms with E-state index >= 15 is 0 Å². The van der Waals surface area contributed by atoms with Crippen LogP contribution in [0.25, 0.3) is 0 Å². The Morgan fingerprint density at radius 3 is 2.71 bits per heavy atom. The summed E-state index contributed by atoms with van der Waals surface area (Å²) in [5.74, 6) is -0.0145. The molecule has 1 rings (SSSR count). The Balaban J connectivity index is 2.60. The van der Waals surface area contributed by atoms with Gasteiger partial charge >= 0.3 is 0 Å². The van der Waals surface area contributed by atoms with Crippen molar-refractivity contribution in [3.8, 4) is 0 Å². The maximum atomic E-state index is 10.9. The number of aliphatic hydroxyl groups excluding tert-OH is 1. The molecule has 0 amide bonds. The Hall–Kier alpha value is -0.880. The summed E-state index contributed by atoms with van der Waals surface area (Å²) in [6, 6.07) is 0. The van der Waals surface area contributed by atoms with E-state index in [0.29, 0.717) is 5.69 Å². The lowest BCUT2D eigenvalue weighted by Gasteiger charge is -2.09. The van der Waals surface area contributed by atoms with Crippen molar-refractivity contribution >= 4 is 9.84 Å². The lowest BCUT2D eigenvalue weighted by Crippen LogP contribution is -2.10. The van der Waals surface area contributed by atoms with Crippen molar-refractivity contribution in [2.24, 2.45) is 7.05 Å². The van der Waals surface area contributed by atoms with Gasteiger partial charge < -0.3 is 9.67 Å². The van der Waals surface area contributed by atoms with Crippen LogP contribution in [0.1, 0.15) is 18.2 Å². The minimum absolute atomic E-state index is 0.0145. The maximum absolute atomic E-state index is 10.9. The number of sulfone groups is 1. The van der Waals surface area contributed by atoms with Crippen LogP contribution in [0.15, 0.2) is 12.5 Å². The summed E-state index contributed by atoms with van der Waals surface area (Å²) in [4.78, 5) is 3.84. The molecule has 0 aliphatic rings. The third-order valence-corrected chi connectivity index (χ3v) is 2.93. The van der Waals surface area contributed by atoms with Crippen LogP contribution in [0, 0.1) is 0 Å². The standard InChI is InChI=1S/C8H14N2O3S/c1-10-6-9-5-7(10)8(11)3-4-14(2,12)13/h5-6,8,11H,3-4H2,1-2H3. The normalized spacial score (nSPS) is 14.2. The smallest absolute Gasteiger partial charge is 0.147 e. The summed E-state index contributed by atoms with van der Waals surface area (Å²) in [6.45, 7) is 0. The summed E-state index contributed by atoms with van der Waals surface area (Å²) in [5, 5.41) is 9.63. The molecule has 0 aliphatic carbocycles. The van der Waals surface area contributed by atoms with Crippen LogP contribution < -0.4 is 0 Å². The third kappa shape index (κ3) is 3.12.